The minimum Gasteiger partial charge on any atom is -0.306 e. The van der Waals surface area contributed by atoms with Crippen molar-refractivity contribution in [2.45, 2.75) is 6.92 Å². The van der Waals surface area contributed by atoms with Crippen molar-refractivity contribution in [2.75, 3.05) is 5.43 Å². The van der Waals surface area contributed by atoms with Crippen LogP contribution in [0.4, 0.5) is 5.82 Å². The van der Waals surface area contributed by atoms with Gasteiger partial charge in [0.05, 0.1) is 5.52 Å². The summed E-state index contributed by atoms with van der Waals surface area (Å²) in [5, 5.41) is 7.89. The molecule has 0 aliphatic rings. The lowest BCUT2D eigenvalue weighted by molar-refractivity contribution is 1.10. The molecular formula is C8H10N4. The number of nitrogens with zero attached hydrogens (tertiary/aromatic N) is 1. The monoisotopic (exact) mass is 162 g/mol. The first-order valence-electron chi connectivity index (χ1n) is 3.72. The van der Waals surface area contributed by atoms with Crippen molar-refractivity contribution in [3.63, 3.8) is 0 Å². The summed E-state index contributed by atoms with van der Waals surface area (Å²) in [5.74, 6) is 5.97. The minimum atomic E-state index is 0.689. The third kappa shape index (κ3) is 0.931. The third-order valence-electron chi connectivity index (χ3n) is 1.86. The maximum atomic E-state index is 5.28. The van der Waals surface area contributed by atoms with Gasteiger partial charge in [0.15, 0.2) is 5.82 Å². The standard InChI is InChI=1S/C8H10N4/c1-5-2-3-7-6(4-5)8(10-9)12-11-7/h2-4H,9H2,1H3,(H2,10,11,12). The summed E-state index contributed by atoms with van der Waals surface area (Å²) in [6, 6.07) is 6.05. The van der Waals surface area contributed by atoms with Crippen molar-refractivity contribution in [3.8, 4) is 0 Å². The van der Waals surface area contributed by atoms with Gasteiger partial charge < -0.3 is 5.43 Å². The predicted molar refractivity (Wildman–Crippen MR) is 48.6 cm³/mol. The number of nitrogens with one attached hydrogen (secondary N) is 2. The van der Waals surface area contributed by atoms with Crippen LogP contribution in [0.2, 0.25) is 0 Å². The molecule has 0 atom stereocenters. The smallest absolute Gasteiger partial charge is 0.169 e. The minimum absolute atomic E-state index is 0.689. The number of hydrogen-bond acceptors (Lipinski definition) is 3. The molecule has 0 spiro atoms. The van der Waals surface area contributed by atoms with Gasteiger partial charge in [-0.1, -0.05) is 11.6 Å². The fourth-order valence-electron chi connectivity index (χ4n) is 1.24. The van der Waals surface area contributed by atoms with Gasteiger partial charge in [-0.15, -0.1) is 0 Å². The number of nitrogen functional groups attached to an aromatic ring is 1. The molecular weight excluding hydrogens is 152 g/mol. The van der Waals surface area contributed by atoms with E-state index >= 15 is 0 Å². The Morgan fingerprint density at radius 1 is 1.50 bits per heavy atom. The van der Waals surface area contributed by atoms with E-state index in [1.54, 1.807) is 0 Å². The van der Waals surface area contributed by atoms with Crippen molar-refractivity contribution in [2.24, 2.45) is 5.84 Å². The first-order chi connectivity index (χ1) is 5.81. The Kier molecular flexibility index (Phi) is 1.48. The molecule has 4 N–H and O–H groups in total. The number of aromatic amines is 1. The summed E-state index contributed by atoms with van der Waals surface area (Å²) in [7, 11) is 0. The van der Waals surface area contributed by atoms with Crippen molar-refractivity contribution in [1.82, 2.24) is 10.2 Å². The number of benzene rings is 1. The Balaban J connectivity index is 2.75. The quantitative estimate of drug-likeness (QED) is 0.435. The normalized spacial score (nSPS) is 10.5. The molecule has 4 heteroatoms. The number of fused-ring (bicyclic) bond motifs is 1. The Morgan fingerprint density at radius 2 is 2.33 bits per heavy atom. The highest BCUT2D eigenvalue weighted by Gasteiger charge is 2.02. The van der Waals surface area contributed by atoms with Gasteiger partial charge in [-0.2, -0.15) is 5.10 Å². The summed E-state index contributed by atoms with van der Waals surface area (Å²) < 4.78 is 0. The highest BCUT2D eigenvalue weighted by atomic mass is 15.3. The molecule has 1 heterocycles. The van der Waals surface area contributed by atoms with Crippen LogP contribution in [0, 0.1) is 6.92 Å². The van der Waals surface area contributed by atoms with E-state index in [1.165, 1.54) is 5.56 Å². The third-order valence-corrected chi connectivity index (χ3v) is 1.86. The van der Waals surface area contributed by atoms with Gasteiger partial charge in [-0.3, -0.25) is 5.10 Å². The number of nitrogens with two attached hydrogens (primary N) is 1. The van der Waals surface area contributed by atoms with Crippen molar-refractivity contribution in [1.29, 1.82) is 0 Å². The lowest BCUT2D eigenvalue weighted by Crippen LogP contribution is -2.07. The van der Waals surface area contributed by atoms with Crippen LogP contribution in [0.15, 0.2) is 18.2 Å². The average Bonchev–Trinajstić information content (AvgIpc) is 2.46. The van der Waals surface area contributed by atoms with Gasteiger partial charge in [0.2, 0.25) is 0 Å². The largest absolute Gasteiger partial charge is 0.306 e. The second-order valence-electron chi connectivity index (χ2n) is 2.77. The van der Waals surface area contributed by atoms with Crippen LogP contribution >= 0.6 is 0 Å². The van der Waals surface area contributed by atoms with E-state index in [0.29, 0.717) is 5.82 Å². The van der Waals surface area contributed by atoms with Crippen LogP contribution in [0.5, 0.6) is 0 Å². The highest BCUT2D eigenvalue weighted by Crippen LogP contribution is 2.20. The lowest BCUT2D eigenvalue weighted by atomic mass is 10.2. The van der Waals surface area contributed by atoms with Crippen LogP contribution in [-0.2, 0) is 0 Å². The summed E-state index contributed by atoms with van der Waals surface area (Å²) >= 11 is 0. The number of anilines is 1. The summed E-state index contributed by atoms with van der Waals surface area (Å²) in [6.45, 7) is 2.03. The van der Waals surface area contributed by atoms with E-state index in [0.717, 1.165) is 10.9 Å². The summed E-state index contributed by atoms with van der Waals surface area (Å²) in [6.07, 6.45) is 0. The second-order valence-corrected chi connectivity index (χ2v) is 2.77. The topological polar surface area (TPSA) is 66.7 Å². The number of rotatable bonds is 1. The van der Waals surface area contributed by atoms with Crippen LogP contribution in [0.1, 0.15) is 5.56 Å². The maximum absolute atomic E-state index is 5.28. The van der Waals surface area contributed by atoms with E-state index < -0.39 is 0 Å². The van der Waals surface area contributed by atoms with Crippen molar-refractivity contribution >= 4 is 16.7 Å². The molecule has 0 aliphatic carbocycles. The van der Waals surface area contributed by atoms with Gasteiger partial charge in [-0.25, -0.2) is 5.84 Å². The van der Waals surface area contributed by atoms with Gasteiger partial charge in [0.1, 0.15) is 0 Å². The molecule has 62 valence electrons. The molecule has 1 aromatic carbocycles. The fourth-order valence-corrected chi connectivity index (χ4v) is 1.24. The summed E-state index contributed by atoms with van der Waals surface area (Å²) in [4.78, 5) is 0. The number of aromatic nitrogens is 2. The Morgan fingerprint density at radius 3 is 3.08 bits per heavy atom. The van der Waals surface area contributed by atoms with E-state index in [1.807, 2.05) is 25.1 Å². The lowest BCUT2D eigenvalue weighted by Gasteiger charge is -1.94. The Labute approximate surface area is 69.7 Å². The molecule has 0 saturated heterocycles. The zero-order valence-corrected chi connectivity index (χ0v) is 6.76. The molecule has 0 bridgehead atoms. The fraction of sp³-hybridized carbons (Fsp3) is 0.125. The molecule has 0 amide bonds. The second kappa shape index (κ2) is 2.49. The van der Waals surface area contributed by atoms with Crippen molar-refractivity contribution < 1.29 is 0 Å². The first-order valence-corrected chi connectivity index (χ1v) is 3.72. The van der Waals surface area contributed by atoms with E-state index in [4.69, 9.17) is 5.84 Å². The van der Waals surface area contributed by atoms with Crippen LogP contribution in [-0.4, -0.2) is 10.2 Å². The molecule has 2 rings (SSSR count). The van der Waals surface area contributed by atoms with Gasteiger partial charge in [0.25, 0.3) is 0 Å². The van der Waals surface area contributed by atoms with Gasteiger partial charge >= 0.3 is 0 Å². The molecule has 0 aliphatic heterocycles. The van der Waals surface area contributed by atoms with E-state index in [2.05, 4.69) is 15.6 Å². The predicted octanol–water partition coefficient (Wildman–Crippen LogP) is 1.16. The SMILES string of the molecule is Cc1ccc2[nH]nc(NN)c2c1. The van der Waals surface area contributed by atoms with Crippen LogP contribution < -0.4 is 11.3 Å². The molecule has 0 fully saturated rings. The zero-order chi connectivity index (χ0) is 8.55. The number of hydrogen-bond donors (Lipinski definition) is 3. The molecule has 12 heavy (non-hydrogen) atoms. The number of H-pyrrole nitrogens is 1. The first kappa shape index (κ1) is 7.12. The average molecular weight is 162 g/mol. The van der Waals surface area contributed by atoms with Gasteiger partial charge in [-0.05, 0) is 19.1 Å². The number of hydrazine groups is 1. The van der Waals surface area contributed by atoms with Gasteiger partial charge in [0, 0.05) is 5.39 Å². The maximum Gasteiger partial charge on any atom is 0.169 e. The highest BCUT2D eigenvalue weighted by molar-refractivity contribution is 5.89. The molecule has 0 unspecified atom stereocenters. The van der Waals surface area contributed by atoms with E-state index in [-0.39, 0.29) is 0 Å². The van der Waals surface area contributed by atoms with Crippen LogP contribution in [0.3, 0.4) is 0 Å². The molecule has 1 aromatic heterocycles. The van der Waals surface area contributed by atoms with Crippen molar-refractivity contribution in [3.05, 3.63) is 23.8 Å². The number of aryl methyl sites for hydroxylation is 1. The van der Waals surface area contributed by atoms with E-state index in [9.17, 15) is 0 Å². The van der Waals surface area contributed by atoms with Crippen LogP contribution in [0.25, 0.3) is 10.9 Å². The zero-order valence-electron chi connectivity index (χ0n) is 6.76. The Hall–Kier alpha value is -1.55. The molecule has 4 nitrogen and oxygen atoms in total. The molecule has 2 aromatic rings. The Bertz CT molecular complexity index is 404. The molecule has 0 radical (unpaired) electrons. The summed E-state index contributed by atoms with van der Waals surface area (Å²) in [5.41, 5.74) is 4.72. The molecule has 0 saturated carbocycles.